The summed E-state index contributed by atoms with van der Waals surface area (Å²) in [6, 6.07) is 20.3. The van der Waals surface area contributed by atoms with Crippen LogP contribution >= 0.6 is 0 Å². The zero-order valence-electron chi connectivity index (χ0n) is 22.9. The average Bonchev–Trinajstić information content (AvgIpc) is 3.51. The second-order valence-corrected chi connectivity index (χ2v) is 11.0. The lowest BCUT2D eigenvalue weighted by Crippen LogP contribution is -2.40. The van der Waals surface area contributed by atoms with Crippen LogP contribution in [0.25, 0.3) is 16.7 Å². The van der Waals surface area contributed by atoms with Crippen LogP contribution in [0.4, 0.5) is 5.82 Å². The first-order valence-corrected chi connectivity index (χ1v) is 13.3. The van der Waals surface area contributed by atoms with Gasteiger partial charge in [0.1, 0.15) is 34.5 Å². The number of hydrogen-bond acceptors (Lipinski definition) is 6. The van der Waals surface area contributed by atoms with E-state index in [0.29, 0.717) is 34.8 Å². The number of hydrogen-bond donors (Lipinski definition) is 1. The van der Waals surface area contributed by atoms with Crippen molar-refractivity contribution in [2.45, 2.75) is 46.2 Å². The van der Waals surface area contributed by atoms with Crippen LogP contribution < -0.4 is 16.2 Å². The van der Waals surface area contributed by atoms with Gasteiger partial charge in [-0.05, 0) is 60.7 Å². The molecule has 1 aliphatic heterocycles. The van der Waals surface area contributed by atoms with E-state index in [0.717, 1.165) is 12.8 Å². The Hall–Kier alpha value is -4.84. The van der Waals surface area contributed by atoms with Gasteiger partial charge in [0, 0.05) is 19.3 Å². The van der Waals surface area contributed by atoms with Crippen molar-refractivity contribution in [3.05, 3.63) is 89.0 Å². The molecule has 40 heavy (non-hydrogen) atoms. The number of para-hydroxylation sites is 1. The minimum atomic E-state index is -0.313. The maximum atomic E-state index is 13.9. The van der Waals surface area contributed by atoms with Crippen LogP contribution in [0.1, 0.15) is 33.6 Å². The maximum absolute atomic E-state index is 13.9. The quantitative estimate of drug-likeness (QED) is 0.272. The summed E-state index contributed by atoms with van der Waals surface area (Å²) in [7, 11) is 0. The molecule has 0 spiro atoms. The van der Waals surface area contributed by atoms with Crippen molar-refractivity contribution in [2.24, 2.45) is 5.41 Å². The number of nitrogens with two attached hydrogens (primary N) is 1. The molecule has 1 amide bonds. The fraction of sp³-hybridized carbons (Fsp3) is 0.290. The first-order valence-electron chi connectivity index (χ1n) is 13.3. The van der Waals surface area contributed by atoms with Gasteiger partial charge in [0.25, 0.3) is 5.91 Å². The van der Waals surface area contributed by atoms with Crippen LogP contribution in [0.15, 0.2) is 83.3 Å². The van der Waals surface area contributed by atoms with E-state index in [-0.39, 0.29) is 41.0 Å². The van der Waals surface area contributed by atoms with E-state index in [9.17, 15) is 14.9 Å². The molecule has 1 saturated heterocycles. The van der Waals surface area contributed by atoms with Gasteiger partial charge in [0.2, 0.25) is 0 Å². The average molecular weight is 537 g/mol. The van der Waals surface area contributed by atoms with Crippen molar-refractivity contribution in [3.8, 4) is 23.3 Å². The number of nitrogens with zero attached hydrogens (tertiary/aromatic N) is 5. The highest BCUT2D eigenvalue weighted by molar-refractivity contribution is 5.97. The molecule has 0 saturated carbocycles. The van der Waals surface area contributed by atoms with Crippen molar-refractivity contribution in [3.63, 3.8) is 0 Å². The van der Waals surface area contributed by atoms with Gasteiger partial charge in [-0.15, -0.1) is 0 Å². The summed E-state index contributed by atoms with van der Waals surface area (Å²) in [5.41, 5.74) is 7.58. The molecule has 5 rings (SSSR count). The summed E-state index contributed by atoms with van der Waals surface area (Å²) in [4.78, 5) is 33.2. The van der Waals surface area contributed by atoms with Gasteiger partial charge in [-0.3, -0.25) is 13.9 Å². The van der Waals surface area contributed by atoms with Gasteiger partial charge in [0.05, 0.1) is 17.2 Å². The SMILES string of the molecule is CC(C)(C)/C=C(/C#N)C(=O)N1CCC[C@H]1Cn1c(=O)n(-c2ccc(Oc3ccccc3)cc2)c2c(N)nccc21. The van der Waals surface area contributed by atoms with Crippen molar-refractivity contribution in [2.75, 3.05) is 12.3 Å². The first-order chi connectivity index (χ1) is 19.2. The second-order valence-electron chi connectivity index (χ2n) is 11.0. The zero-order valence-corrected chi connectivity index (χ0v) is 22.9. The maximum Gasteiger partial charge on any atom is 0.333 e. The van der Waals surface area contributed by atoms with Crippen LogP contribution in [0, 0.1) is 16.7 Å². The van der Waals surface area contributed by atoms with Crippen LogP contribution in [0.5, 0.6) is 11.5 Å². The molecule has 2 aromatic carbocycles. The Morgan fingerprint density at radius 1 is 1.12 bits per heavy atom. The molecular formula is C31H32N6O3. The number of ether oxygens (including phenoxy) is 1. The highest BCUT2D eigenvalue weighted by atomic mass is 16.5. The molecule has 2 aromatic heterocycles. The van der Waals surface area contributed by atoms with Crippen LogP contribution in [-0.4, -0.2) is 37.5 Å². The number of allylic oxidation sites excluding steroid dienone is 1. The lowest BCUT2D eigenvalue weighted by atomic mass is 9.93. The molecule has 1 atom stereocenters. The number of nitrogen functional groups attached to an aromatic ring is 1. The molecule has 0 aliphatic carbocycles. The number of carbonyl (C=O) groups excluding carboxylic acids is 1. The minimum Gasteiger partial charge on any atom is -0.457 e. The third-order valence-electron chi connectivity index (χ3n) is 6.90. The van der Waals surface area contributed by atoms with Crippen molar-refractivity contribution < 1.29 is 9.53 Å². The number of rotatable bonds is 6. The van der Waals surface area contributed by atoms with Crippen molar-refractivity contribution in [1.29, 1.82) is 5.26 Å². The summed E-state index contributed by atoms with van der Waals surface area (Å²) in [6.45, 7) is 6.67. The molecule has 204 valence electrons. The second kappa shape index (κ2) is 10.7. The largest absolute Gasteiger partial charge is 0.457 e. The van der Waals surface area contributed by atoms with Gasteiger partial charge in [0.15, 0.2) is 0 Å². The summed E-state index contributed by atoms with van der Waals surface area (Å²) in [5, 5.41) is 9.69. The molecule has 2 N–H and O–H groups in total. The number of amides is 1. The van der Waals surface area contributed by atoms with E-state index in [2.05, 4.69) is 11.1 Å². The van der Waals surface area contributed by atoms with E-state index in [1.54, 1.807) is 56.6 Å². The minimum absolute atomic E-state index is 0.125. The smallest absolute Gasteiger partial charge is 0.333 e. The van der Waals surface area contributed by atoms with Crippen molar-refractivity contribution in [1.82, 2.24) is 19.0 Å². The molecule has 1 aliphatic rings. The Labute approximate surface area is 232 Å². The molecule has 9 nitrogen and oxygen atoms in total. The van der Waals surface area contributed by atoms with Crippen LogP contribution in [0.2, 0.25) is 0 Å². The van der Waals surface area contributed by atoms with E-state index in [1.807, 2.05) is 51.1 Å². The fourth-order valence-electron chi connectivity index (χ4n) is 5.16. The Morgan fingerprint density at radius 3 is 2.50 bits per heavy atom. The Morgan fingerprint density at radius 2 is 1.82 bits per heavy atom. The molecule has 0 bridgehead atoms. The number of fused-ring (bicyclic) bond motifs is 1. The first kappa shape index (κ1) is 26.8. The number of imidazole rings is 1. The fourth-order valence-corrected chi connectivity index (χ4v) is 5.16. The van der Waals surface area contributed by atoms with Gasteiger partial charge < -0.3 is 15.4 Å². The summed E-state index contributed by atoms with van der Waals surface area (Å²) >= 11 is 0. The monoisotopic (exact) mass is 536 g/mol. The topological polar surface area (TPSA) is 119 Å². The van der Waals surface area contributed by atoms with Crippen LogP contribution in [0.3, 0.4) is 0 Å². The number of aromatic nitrogens is 3. The van der Waals surface area contributed by atoms with E-state index >= 15 is 0 Å². The predicted octanol–water partition coefficient (Wildman–Crippen LogP) is 5.05. The normalized spacial score (nSPS) is 15.8. The molecule has 0 unspecified atom stereocenters. The third-order valence-corrected chi connectivity index (χ3v) is 6.90. The predicted molar refractivity (Wildman–Crippen MR) is 154 cm³/mol. The highest BCUT2D eigenvalue weighted by Crippen LogP contribution is 2.28. The number of likely N-dealkylation sites (tertiary alicyclic amines) is 1. The van der Waals surface area contributed by atoms with Crippen molar-refractivity contribution >= 4 is 22.8 Å². The number of carbonyl (C=O) groups is 1. The molecule has 4 aromatic rings. The van der Waals surface area contributed by atoms with Crippen LogP contribution in [-0.2, 0) is 11.3 Å². The number of nitriles is 1. The van der Waals surface area contributed by atoms with Gasteiger partial charge in [-0.25, -0.2) is 9.78 Å². The third kappa shape index (κ3) is 5.34. The summed E-state index contributed by atoms with van der Waals surface area (Å²) < 4.78 is 9.10. The van der Waals surface area contributed by atoms with E-state index < -0.39 is 0 Å². The Bertz CT molecular complexity index is 1670. The standard InChI is InChI=1S/C31H32N6O3/c1-31(2,3)18-21(19-32)29(38)35-17-7-8-23(35)20-36-26-15-16-34-28(33)27(26)37(30(36)39)22-11-13-25(14-12-22)40-24-9-5-4-6-10-24/h4-6,9-16,18,23H,7-8,17,20H2,1-3H3,(H2,33,34)/b21-18-/t23-/m0/s1. The lowest BCUT2D eigenvalue weighted by Gasteiger charge is -2.25. The molecular weight excluding hydrogens is 504 g/mol. The number of anilines is 1. The van der Waals surface area contributed by atoms with E-state index in [1.165, 1.54) is 0 Å². The molecule has 0 radical (unpaired) electrons. The molecule has 9 heteroatoms. The lowest BCUT2D eigenvalue weighted by molar-refractivity contribution is -0.127. The van der Waals surface area contributed by atoms with Gasteiger partial charge in [-0.2, -0.15) is 5.26 Å². The van der Waals surface area contributed by atoms with Gasteiger partial charge in [-0.1, -0.05) is 45.0 Å². The zero-order chi connectivity index (χ0) is 28.4. The number of benzene rings is 2. The van der Waals surface area contributed by atoms with E-state index in [4.69, 9.17) is 10.5 Å². The Balaban J connectivity index is 1.49. The molecule has 3 heterocycles. The Kier molecular flexibility index (Phi) is 7.18. The molecule has 1 fully saturated rings. The summed E-state index contributed by atoms with van der Waals surface area (Å²) in [5.74, 6) is 1.28. The number of pyridine rings is 1. The van der Waals surface area contributed by atoms with Gasteiger partial charge >= 0.3 is 5.69 Å². The summed E-state index contributed by atoms with van der Waals surface area (Å²) in [6.07, 6.45) is 4.81. The highest BCUT2D eigenvalue weighted by Gasteiger charge is 2.33.